The number of Topliss-reactive ketones (excluding diaryl/α,β-unsaturated/α-hetero) is 1. The van der Waals surface area contributed by atoms with Crippen LogP contribution in [-0.4, -0.2) is 25.3 Å². The number of hydrogen-bond donors (Lipinski definition) is 0. The summed E-state index contributed by atoms with van der Waals surface area (Å²) in [6.07, 6.45) is 1.52. The van der Waals surface area contributed by atoms with Crippen LogP contribution in [0, 0.1) is 0 Å². The highest BCUT2D eigenvalue weighted by atomic mass is 32.1. The summed E-state index contributed by atoms with van der Waals surface area (Å²) >= 11 is 1.38. The summed E-state index contributed by atoms with van der Waals surface area (Å²) < 4.78 is 5.09. The van der Waals surface area contributed by atoms with Crippen LogP contribution in [0.15, 0.2) is 6.07 Å². The third-order valence-electron chi connectivity index (χ3n) is 1.95. The Hall–Kier alpha value is -1.00. The highest BCUT2D eigenvalue weighted by Gasteiger charge is 2.18. The van der Waals surface area contributed by atoms with Gasteiger partial charge in [-0.05, 0) is 6.07 Å². The standard InChI is InChI=1S/C9H8O3S/c10-4-6-3-7-8(11)5-12-2-1-9(7)13-6/h3-4H,1-2,5H2. The van der Waals surface area contributed by atoms with E-state index >= 15 is 0 Å². The molecule has 3 nitrogen and oxygen atoms in total. The predicted molar refractivity (Wildman–Crippen MR) is 48.6 cm³/mol. The molecule has 0 saturated carbocycles. The van der Waals surface area contributed by atoms with Crippen LogP contribution in [0.3, 0.4) is 0 Å². The maximum absolute atomic E-state index is 11.4. The molecule has 0 bridgehead atoms. The van der Waals surface area contributed by atoms with E-state index in [2.05, 4.69) is 0 Å². The van der Waals surface area contributed by atoms with Crippen molar-refractivity contribution in [2.75, 3.05) is 13.2 Å². The first-order chi connectivity index (χ1) is 6.31. The number of rotatable bonds is 1. The summed E-state index contributed by atoms with van der Waals surface area (Å²) in [5.74, 6) is -0.0168. The van der Waals surface area contributed by atoms with Crippen molar-refractivity contribution in [1.82, 2.24) is 0 Å². The van der Waals surface area contributed by atoms with Gasteiger partial charge in [0.25, 0.3) is 0 Å². The van der Waals surface area contributed by atoms with Crippen LogP contribution < -0.4 is 0 Å². The second kappa shape index (κ2) is 3.40. The molecular formula is C9H8O3S. The second-order valence-electron chi connectivity index (χ2n) is 2.83. The van der Waals surface area contributed by atoms with Gasteiger partial charge in [0.2, 0.25) is 0 Å². The molecule has 0 aromatic carbocycles. The fourth-order valence-electron chi connectivity index (χ4n) is 1.34. The van der Waals surface area contributed by atoms with E-state index in [0.29, 0.717) is 17.0 Å². The second-order valence-corrected chi connectivity index (χ2v) is 4.00. The van der Waals surface area contributed by atoms with Crippen LogP contribution >= 0.6 is 11.3 Å². The zero-order chi connectivity index (χ0) is 9.26. The topological polar surface area (TPSA) is 43.4 Å². The minimum atomic E-state index is -0.0168. The summed E-state index contributed by atoms with van der Waals surface area (Å²) in [4.78, 5) is 23.5. The van der Waals surface area contributed by atoms with Gasteiger partial charge in [-0.1, -0.05) is 0 Å². The summed E-state index contributed by atoms with van der Waals surface area (Å²) in [6, 6.07) is 1.66. The van der Waals surface area contributed by atoms with Gasteiger partial charge in [-0.2, -0.15) is 0 Å². The number of hydrogen-bond acceptors (Lipinski definition) is 4. The smallest absolute Gasteiger partial charge is 0.189 e. The largest absolute Gasteiger partial charge is 0.373 e. The number of fused-ring (bicyclic) bond motifs is 1. The number of thiophene rings is 1. The third-order valence-corrected chi connectivity index (χ3v) is 3.07. The van der Waals surface area contributed by atoms with Gasteiger partial charge in [0.1, 0.15) is 6.61 Å². The van der Waals surface area contributed by atoms with Gasteiger partial charge >= 0.3 is 0 Å². The molecule has 0 spiro atoms. The molecule has 0 atom stereocenters. The molecule has 0 aliphatic carbocycles. The van der Waals surface area contributed by atoms with Gasteiger partial charge < -0.3 is 4.74 Å². The van der Waals surface area contributed by atoms with E-state index in [0.717, 1.165) is 17.6 Å². The molecule has 4 heteroatoms. The normalized spacial score (nSPS) is 16.5. The molecule has 1 aromatic rings. The molecule has 68 valence electrons. The van der Waals surface area contributed by atoms with Crippen molar-refractivity contribution in [3.63, 3.8) is 0 Å². The molecule has 2 rings (SSSR count). The Labute approximate surface area is 79.3 Å². The maximum Gasteiger partial charge on any atom is 0.189 e. The van der Waals surface area contributed by atoms with Crippen LogP contribution in [0.5, 0.6) is 0 Å². The van der Waals surface area contributed by atoms with Gasteiger partial charge in [0, 0.05) is 16.9 Å². The van der Waals surface area contributed by atoms with Gasteiger partial charge in [-0.25, -0.2) is 0 Å². The quantitative estimate of drug-likeness (QED) is 0.636. The summed E-state index contributed by atoms with van der Waals surface area (Å²) in [6.45, 7) is 0.708. The first-order valence-electron chi connectivity index (χ1n) is 4.00. The van der Waals surface area contributed by atoms with Gasteiger partial charge in [0.05, 0.1) is 11.5 Å². The van der Waals surface area contributed by atoms with Crippen molar-refractivity contribution in [2.24, 2.45) is 0 Å². The van der Waals surface area contributed by atoms with Crippen LogP contribution in [0.1, 0.15) is 24.9 Å². The van der Waals surface area contributed by atoms with E-state index < -0.39 is 0 Å². The van der Waals surface area contributed by atoms with E-state index in [1.54, 1.807) is 6.07 Å². The van der Waals surface area contributed by atoms with E-state index in [-0.39, 0.29) is 12.4 Å². The molecular weight excluding hydrogens is 188 g/mol. The third kappa shape index (κ3) is 1.55. The lowest BCUT2D eigenvalue weighted by Gasteiger charge is -1.93. The lowest BCUT2D eigenvalue weighted by Crippen LogP contribution is -2.05. The molecule has 0 unspecified atom stereocenters. The van der Waals surface area contributed by atoms with Crippen molar-refractivity contribution in [3.8, 4) is 0 Å². The Morgan fingerprint density at radius 2 is 2.38 bits per heavy atom. The molecule has 0 radical (unpaired) electrons. The van der Waals surface area contributed by atoms with Crippen molar-refractivity contribution in [3.05, 3.63) is 21.4 Å². The van der Waals surface area contributed by atoms with Crippen LogP contribution in [0.25, 0.3) is 0 Å². The molecule has 0 fully saturated rings. The molecule has 1 aliphatic heterocycles. The minimum absolute atomic E-state index is 0.0168. The zero-order valence-electron chi connectivity index (χ0n) is 6.91. The van der Waals surface area contributed by atoms with Crippen LogP contribution in [-0.2, 0) is 11.2 Å². The lowest BCUT2D eigenvalue weighted by atomic mass is 10.1. The average molecular weight is 196 g/mol. The number of aldehydes is 1. The maximum atomic E-state index is 11.4. The van der Waals surface area contributed by atoms with Gasteiger partial charge in [-0.3, -0.25) is 9.59 Å². The first kappa shape index (κ1) is 8.59. The van der Waals surface area contributed by atoms with Crippen molar-refractivity contribution in [1.29, 1.82) is 0 Å². The minimum Gasteiger partial charge on any atom is -0.373 e. The van der Waals surface area contributed by atoms with Crippen LogP contribution in [0.4, 0.5) is 0 Å². The first-order valence-corrected chi connectivity index (χ1v) is 4.82. The predicted octanol–water partition coefficient (Wildman–Crippen LogP) is 1.32. The lowest BCUT2D eigenvalue weighted by molar-refractivity contribution is 0.0788. The van der Waals surface area contributed by atoms with E-state index in [4.69, 9.17) is 4.74 Å². The Morgan fingerprint density at radius 3 is 3.15 bits per heavy atom. The Bertz CT molecular complexity index is 354. The SMILES string of the molecule is O=Cc1cc2c(s1)CCOCC2=O. The molecule has 1 aromatic heterocycles. The Morgan fingerprint density at radius 1 is 1.54 bits per heavy atom. The van der Waals surface area contributed by atoms with Gasteiger partial charge in [-0.15, -0.1) is 11.3 Å². The molecule has 13 heavy (non-hydrogen) atoms. The summed E-state index contributed by atoms with van der Waals surface area (Å²) in [7, 11) is 0. The van der Waals surface area contributed by atoms with Crippen molar-refractivity contribution in [2.45, 2.75) is 6.42 Å². The van der Waals surface area contributed by atoms with Gasteiger partial charge in [0.15, 0.2) is 12.1 Å². The van der Waals surface area contributed by atoms with Crippen molar-refractivity contribution < 1.29 is 14.3 Å². The number of ether oxygens (including phenoxy) is 1. The van der Waals surface area contributed by atoms with Crippen molar-refractivity contribution >= 4 is 23.4 Å². The summed E-state index contributed by atoms with van der Waals surface area (Å²) in [5, 5.41) is 0. The number of ketones is 1. The highest BCUT2D eigenvalue weighted by molar-refractivity contribution is 7.14. The zero-order valence-corrected chi connectivity index (χ0v) is 7.73. The highest BCUT2D eigenvalue weighted by Crippen LogP contribution is 2.24. The molecule has 2 heterocycles. The summed E-state index contributed by atoms with van der Waals surface area (Å²) in [5.41, 5.74) is 0.671. The van der Waals surface area contributed by atoms with Crippen LogP contribution in [0.2, 0.25) is 0 Å². The number of carbonyl (C=O) groups is 2. The molecule has 0 N–H and O–H groups in total. The fraction of sp³-hybridized carbons (Fsp3) is 0.333. The Balaban J connectivity index is 2.44. The van der Waals surface area contributed by atoms with E-state index in [9.17, 15) is 9.59 Å². The monoisotopic (exact) mass is 196 g/mol. The Kier molecular flexibility index (Phi) is 2.24. The average Bonchev–Trinajstić information content (AvgIpc) is 2.48. The number of carbonyl (C=O) groups excluding carboxylic acids is 2. The molecule has 1 aliphatic rings. The molecule has 0 amide bonds. The molecule has 0 saturated heterocycles. The van der Waals surface area contributed by atoms with E-state index in [1.165, 1.54) is 11.3 Å². The van der Waals surface area contributed by atoms with E-state index in [1.807, 2.05) is 0 Å². The fourth-order valence-corrected chi connectivity index (χ4v) is 2.31.